The van der Waals surface area contributed by atoms with Crippen LogP contribution in [0.25, 0.3) is 0 Å². The van der Waals surface area contributed by atoms with Crippen LogP contribution < -0.4 is 5.32 Å². The second-order valence-electron chi connectivity index (χ2n) is 6.70. The number of nitrogens with zero attached hydrogens (tertiary/aromatic N) is 1. The largest absolute Gasteiger partial charge is 0.465 e. The number of likely N-dealkylation sites (tertiary alicyclic amines) is 1. The predicted octanol–water partition coefficient (Wildman–Crippen LogP) is 3.97. The molecule has 1 heterocycles. The molecule has 2 N–H and O–H groups in total. The Balaban J connectivity index is 1.48. The molecule has 0 atom stereocenters. The zero-order valence-corrected chi connectivity index (χ0v) is 15.1. The van der Waals surface area contributed by atoms with Crippen LogP contribution in [0, 0.1) is 0 Å². The maximum Gasteiger partial charge on any atom is 0.407 e. The summed E-state index contributed by atoms with van der Waals surface area (Å²) in [6.07, 6.45) is 0.351. The monoisotopic (exact) mass is 368 g/mol. The fourth-order valence-corrected chi connectivity index (χ4v) is 3.31. The van der Waals surface area contributed by atoms with Crippen molar-refractivity contribution >= 4 is 12.2 Å². The Morgan fingerprint density at radius 3 is 2.44 bits per heavy atom. The zero-order valence-electron chi connectivity index (χ0n) is 15.1. The first-order valence-electron chi connectivity index (χ1n) is 9.13. The number of amides is 2. The van der Waals surface area contributed by atoms with Gasteiger partial charge in [-0.15, -0.1) is 0 Å². The van der Waals surface area contributed by atoms with Crippen LogP contribution in [0.3, 0.4) is 0 Å². The lowest BCUT2D eigenvalue weighted by Crippen LogP contribution is -2.36. The highest BCUT2D eigenvalue weighted by molar-refractivity contribution is 5.67. The maximum absolute atomic E-state index is 11.9. The molecular weight excluding hydrogens is 344 g/mol. The molecule has 0 spiro atoms. The Labute approximate surface area is 158 Å². The summed E-state index contributed by atoms with van der Waals surface area (Å²) in [6.45, 7) is 1.77. The van der Waals surface area contributed by atoms with E-state index in [1.165, 1.54) is 10.5 Å². The van der Waals surface area contributed by atoms with Gasteiger partial charge in [-0.05, 0) is 35.4 Å². The van der Waals surface area contributed by atoms with Gasteiger partial charge in [0.25, 0.3) is 0 Å². The first-order chi connectivity index (χ1) is 13.1. The number of rotatable bonds is 5. The standard InChI is InChI=1S/C21H24N2O4/c24-20(27-15-16-5-2-1-3-6-16)22-14-17-7-4-8-19(13-17)18-9-11-23(12-10-18)21(25)26/h1-8,13,18H,9-12,14-15H2,(H,22,24)(H,25,26). The highest BCUT2D eigenvalue weighted by atomic mass is 16.5. The Bertz CT molecular complexity index is 771. The molecule has 27 heavy (non-hydrogen) atoms. The minimum Gasteiger partial charge on any atom is -0.465 e. The molecule has 0 saturated carbocycles. The minimum absolute atomic E-state index is 0.245. The molecule has 3 rings (SSSR count). The summed E-state index contributed by atoms with van der Waals surface area (Å²) in [5.74, 6) is 0.352. The number of carbonyl (C=O) groups is 2. The molecule has 1 fully saturated rings. The van der Waals surface area contributed by atoms with Crippen molar-refractivity contribution in [3.8, 4) is 0 Å². The summed E-state index contributed by atoms with van der Waals surface area (Å²) in [6, 6.07) is 17.6. The lowest BCUT2D eigenvalue weighted by molar-refractivity contribution is 0.132. The molecule has 0 unspecified atom stereocenters. The van der Waals surface area contributed by atoms with Crippen molar-refractivity contribution in [3.05, 3.63) is 71.3 Å². The van der Waals surface area contributed by atoms with Crippen LogP contribution in [0.2, 0.25) is 0 Å². The van der Waals surface area contributed by atoms with Gasteiger partial charge in [-0.3, -0.25) is 0 Å². The van der Waals surface area contributed by atoms with Crippen molar-refractivity contribution in [1.29, 1.82) is 0 Å². The van der Waals surface area contributed by atoms with Gasteiger partial charge in [0, 0.05) is 19.6 Å². The number of alkyl carbamates (subject to hydrolysis) is 1. The second kappa shape index (κ2) is 9.07. The van der Waals surface area contributed by atoms with Crippen LogP contribution in [-0.4, -0.2) is 35.3 Å². The third-order valence-electron chi connectivity index (χ3n) is 4.84. The van der Waals surface area contributed by atoms with Gasteiger partial charge in [-0.1, -0.05) is 54.6 Å². The van der Waals surface area contributed by atoms with Crippen LogP contribution in [-0.2, 0) is 17.9 Å². The third kappa shape index (κ3) is 5.48. The lowest BCUT2D eigenvalue weighted by Gasteiger charge is -2.30. The Morgan fingerprint density at radius 2 is 1.74 bits per heavy atom. The molecule has 0 aromatic heterocycles. The minimum atomic E-state index is -0.847. The third-order valence-corrected chi connectivity index (χ3v) is 4.84. The average Bonchev–Trinajstić information content (AvgIpc) is 2.72. The second-order valence-corrected chi connectivity index (χ2v) is 6.70. The Kier molecular flexibility index (Phi) is 6.30. The number of piperidine rings is 1. The van der Waals surface area contributed by atoms with Crippen LogP contribution in [0.4, 0.5) is 9.59 Å². The molecule has 6 heteroatoms. The van der Waals surface area contributed by atoms with Gasteiger partial charge in [0.2, 0.25) is 0 Å². The molecule has 0 aliphatic carbocycles. The van der Waals surface area contributed by atoms with E-state index < -0.39 is 12.2 Å². The number of ether oxygens (including phenoxy) is 1. The van der Waals surface area contributed by atoms with Crippen LogP contribution in [0.1, 0.15) is 35.4 Å². The molecule has 0 bridgehead atoms. The van der Waals surface area contributed by atoms with Crippen LogP contribution in [0.15, 0.2) is 54.6 Å². The van der Waals surface area contributed by atoms with Crippen LogP contribution >= 0.6 is 0 Å². The number of carboxylic acid groups (broad SMARTS) is 1. The quantitative estimate of drug-likeness (QED) is 0.837. The maximum atomic E-state index is 11.9. The molecule has 0 radical (unpaired) electrons. The highest BCUT2D eigenvalue weighted by Crippen LogP contribution is 2.28. The van der Waals surface area contributed by atoms with E-state index >= 15 is 0 Å². The fraction of sp³-hybridized carbons (Fsp3) is 0.333. The summed E-state index contributed by atoms with van der Waals surface area (Å²) in [4.78, 5) is 24.4. The van der Waals surface area contributed by atoms with Gasteiger partial charge in [-0.25, -0.2) is 9.59 Å². The van der Waals surface area contributed by atoms with E-state index in [9.17, 15) is 9.59 Å². The van der Waals surface area contributed by atoms with Gasteiger partial charge in [0.1, 0.15) is 6.61 Å². The first-order valence-corrected chi connectivity index (χ1v) is 9.13. The van der Waals surface area contributed by atoms with Gasteiger partial charge in [0.05, 0.1) is 0 Å². The average molecular weight is 368 g/mol. The van der Waals surface area contributed by atoms with E-state index in [0.717, 1.165) is 24.0 Å². The number of nitrogens with one attached hydrogen (secondary N) is 1. The van der Waals surface area contributed by atoms with E-state index in [-0.39, 0.29) is 6.61 Å². The highest BCUT2D eigenvalue weighted by Gasteiger charge is 2.23. The summed E-state index contributed by atoms with van der Waals surface area (Å²) in [7, 11) is 0. The lowest BCUT2D eigenvalue weighted by atomic mass is 9.89. The molecule has 1 aliphatic heterocycles. The zero-order chi connectivity index (χ0) is 19.1. The van der Waals surface area contributed by atoms with E-state index in [1.807, 2.05) is 42.5 Å². The van der Waals surface area contributed by atoms with E-state index in [4.69, 9.17) is 9.84 Å². The predicted molar refractivity (Wildman–Crippen MR) is 101 cm³/mol. The summed E-state index contributed by atoms with van der Waals surface area (Å²) >= 11 is 0. The van der Waals surface area contributed by atoms with Gasteiger partial charge in [-0.2, -0.15) is 0 Å². The molecule has 2 amide bonds. The summed E-state index contributed by atoms with van der Waals surface area (Å²) in [5, 5.41) is 11.8. The van der Waals surface area contributed by atoms with Crippen molar-refractivity contribution in [1.82, 2.24) is 10.2 Å². The van der Waals surface area contributed by atoms with Gasteiger partial charge in [0.15, 0.2) is 0 Å². The topological polar surface area (TPSA) is 78.9 Å². The SMILES string of the molecule is O=C(NCc1cccc(C2CCN(C(=O)O)CC2)c1)OCc1ccccc1. The van der Waals surface area contributed by atoms with E-state index in [1.54, 1.807) is 0 Å². The van der Waals surface area contributed by atoms with Crippen molar-refractivity contribution in [3.63, 3.8) is 0 Å². The van der Waals surface area contributed by atoms with Crippen molar-refractivity contribution in [2.45, 2.75) is 31.9 Å². The number of benzene rings is 2. The summed E-state index contributed by atoms with van der Waals surface area (Å²) < 4.78 is 5.22. The Morgan fingerprint density at radius 1 is 1.04 bits per heavy atom. The molecule has 2 aromatic rings. The molecular formula is C21H24N2O4. The molecule has 2 aromatic carbocycles. The molecule has 1 saturated heterocycles. The molecule has 142 valence electrons. The number of carbonyl (C=O) groups excluding carboxylic acids is 1. The van der Waals surface area contributed by atoms with E-state index in [2.05, 4.69) is 17.4 Å². The smallest absolute Gasteiger partial charge is 0.407 e. The van der Waals surface area contributed by atoms with E-state index in [0.29, 0.717) is 25.6 Å². The fourth-order valence-electron chi connectivity index (χ4n) is 3.31. The number of hydrogen-bond donors (Lipinski definition) is 2. The number of hydrogen-bond acceptors (Lipinski definition) is 3. The summed E-state index contributed by atoms with van der Waals surface area (Å²) in [5.41, 5.74) is 3.14. The van der Waals surface area contributed by atoms with Crippen molar-refractivity contribution in [2.24, 2.45) is 0 Å². The first kappa shape index (κ1) is 18.8. The van der Waals surface area contributed by atoms with Gasteiger partial charge >= 0.3 is 12.2 Å². The molecule has 6 nitrogen and oxygen atoms in total. The Hall–Kier alpha value is -3.02. The van der Waals surface area contributed by atoms with Crippen LogP contribution in [0.5, 0.6) is 0 Å². The van der Waals surface area contributed by atoms with Crippen molar-refractivity contribution in [2.75, 3.05) is 13.1 Å². The van der Waals surface area contributed by atoms with Crippen molar-refractivity contribution < 1.29 is 19.4 Å². The van der Waals surface area contributed by atoms with Gasteiger partial charge < -0.3 is 20.1 Å². The normalized spacial score (nSPS) is 14.6. The molecule has 1 aliphatic rings.